The van der Waals surface area contributed by atoms with E-state index in [0.717, 1.165) is 24.2 Å². The third-order valence-corrected chi connectivity index (χ3v) is 4.71. The van der Waals surface area contributed by atoms with Gasteiger partial charge in [0.2, 0.25) is 11.8 Å². The van der Waals surface area contributed by atoms with Gasteiger partial charge in [-0.05, 0) is 30.9 Å². The van der Waals surface area contributed by atoms with Gasteiger partial charge < -0.3 is 19.6 Å². The Morgan fingerprint density at radius 3 is 2.92 bits per heavy atom. The number of fused-ring (bicyclic) bond motifs is 1. The number of hydrogen-bond donors (Lipinski definition) is 2. The number of rotatable bonds is 7. The fraction of sp³-hybridized carbons (Fsp3) is 0.556. The molecule has 0 saturated carbocycles. The van der Waals surface area contributed by atoms with E-state index in [2.05, 4.69) is 21.2 Å². The van der Waals surface area contributed by atoms with Crippen LogP contribution in [0.1, 0.15) is 24.8 Å². The molecule has 2 aliphatic heterocycles. The summed E-state index contributed by atoms with van der Waals surface area (Å²) in [6.45, 7) is 1.67. The molecular formula is C18H25N3O4. The number of nitrogens with zero attached hydrogens (tertiary/aromatic N) is 2. The normalized spacial score (nSPS) is 20.0. The topological polar surface area (TPSA) is 82.1 Å². The Kier molecular flexibility index (Phi) is 5.55. The van der Waals surface area contributed by atoms with Crippen LogP contribution < -0.4 is 15.1 Å². The van der Waals surface area contributed by atoms with Crippen LogP contribution in [-0.4, -0.2) is 56.5 Å². The second kappa shape index (κ2) is 7.84. The molecule has 2 amide bonds. The van der Waals surface area contributed by atoms with E-state index in [1.54, 1.807) is 0 Å². The number of ether oxygens (including phenoxy) is 1. The van der Waals surface area contributed by atoms with Gasteiger partial charge in [-0.3, -0.25) is 14.9 Å². The summed E-state index contributed by atoms with van der Waals surface area (Å²) in [4.78, 5) is 27.9. The first-order valence-electron chi connectivity index (χ1n) is 8.73. The maximum Gasteiger partial charge on any atom is 0.249 e. The molecular weight excluding hydrogens is 322 g/mol. The molecule has 0 spiro atoms. The van der Waals surface area contributed by atoms with Crippen molar-refractivity contribution in [3.63, 3.8) is 0 Å². The summed E-state index contributed by atoms with van der Waals surface area (Å²) in [5.41, 5.74) is 3.42. The quantitative estimate of drug-likeness (QED) is 0.557. The Hall–Kier alpha value is -2.12. The Labute approximate surface area is 147 Å². The molecule has 3 rings (SSSR count). The Balaban J connectivity index is 1.73. The number of nitrogens with one attached hydrogen (secondary N) is 1. The van der Waals surface area contributed by atoms with Gasteiger partial charge in [0.25, 0.3) is 0 Å². The number of aliphatic hydroxyl groups is 1. The SMILES string of the molecule is CN1CN(C2CCC(=O)NC2=O)c2cccc(CCCOCCO)c21. The highest BCUT2D eigenvalue weighted by atomic mass is 16.5. The van der Waals surface area contributed by atoms with Crippen LogP contribution in [0.3, 0.4) is 0 Å². The molecule has 1 aromatic carbocycles. The van der Waals surface area contributed by atoms with Crippen molar-refractivity contribution < 1.29 is 19.4 Å². The minimum Gasteiger partial charge on any atom is -0.394 e. The number of imide groups is 1. The van der Waals surface area contributed by atoms with Crippen LogP contribution in [0.5, 0.6) is 0 Å². The van der Waals surface area contributed by atoms with E-state index in [1.807, 2.05) is 19.2 Å². The average molecular weight is 347 g/mol. The summed E-state index contributed by atoms with van der Waals surface area (Å²) in [7, 11) is 2.02. The number of benzene rings is 1. The van der Waals surface area contributed by atoms with E-state index in [-0.39, 0.29) is 24.5 Å². The fourth-order valence-corrected chi connectivity index (χ4v) is 3.60. The van der Waals surface area contributed by atoms with Crippen molar-refractivity contribution in [1.82, 2.24) is 5.32 Å². The molecule has 1 atom stereocenters. The van der Waals surface area contributed by atoms with Crippen LogP contribution in [0.4, 0.5) is 11.4 Å². The minimum atomic E-state index is -0.301. The highest BCUT2D eigenvalue weighted by Gasteiger charge is 2.37. The van der Waals surface area contributed by atoms with Crippen molar-refractivity contribution in [3.8, 4) is 0 Å². The summed E-state index contributed by atoms with van der Waals surface area (Å²) in [5, 5.41) is 11.2. The standard InChI is InChI=1S/C18H25N3O4/c1-20-12-21(15-7-8-16(23)19-18(15)24)14-6-2-4-13(17(14)20)5-3-10-25-11-9-22/h2,4,6,15,22H,3,5,7-12H2,1H3,(H,19,23,24). The Morgan fingerprint density at radius 2 is 2.16 bits per heavy atom. The average Bonchev–Trinajstić information content (AvgIpc) is 2.92. The summed E-state index contributed by atoms with van der Waals surface area (Å²) in [6, 6.07) is 5.86. The van der Waals surface area contributed by atoms with Gasteiger partial charge in [-0.25, -0.2) is 0 Å². The van der Waals surface area contributed by atoms with Crippen molar-refractivity contribution in [1.29, 1.82) is 0 Å². The van der Waals surface area contributed by atoms with Gasteiger partial charge in [-0.15, -0.1) is 0 Å². The van der Waals surface area contributed by atoms with E-state index >= 15 is 0 Å². The van der Waals surface area contributed by atoms with Gasteiger partial charge in [0.15, 0.2) is 0 Å². The summed E-state index contributed by atoms with van der Waals surface area (Å²) < 4.78 is 5.33. The zero-order valence-corrected chi connectivity index (χ0v) is 14.5. The molecule has 2 heterocycles. The first-order valence-corrected chi connectivity index (χ1v) is 8.73. The van der Waals surface area contributed by atoms with Crippen LogP contribution in [0.25, 0.3) is 0 Å². The molecule has 1 fully saturated rings. The van der Waals surface area contributed by atoms with Crippen molar-refractivity contribution in [2.75, 3.05) is 43.3 Å². The van der Waals surface area contributed by atoms with Crippen molar-refractivity contribution in [3.05, 3.63) is 23.8 Å². The van der Waals surface area contributed by atoms with Gasteiger partial charge in [-0.2, -0.15) is 0 Å². The number of aliphatic hydroxyl groups excluding tert-OH is 1. The van der Waals surface area contributed by atoms with E-state index in [1.165, 1.54) is 5.56 Å². The lowest BCUT2D eigenvalue weighted by Crippen LogP contribution is -2.53. The lowest BCUT2D eigenvalue weighted by molar-refractivity contribution is -0.134. The number of carbonyl (C=O) groups excluding carboxylic acids is 2. The zero-order valence-electron chi connectivity index (χ0n) is 14.5. The molecule has 0 radical (unpaired) electrons. The van der Waals surface area contributed by atoms with E-state index in [9.17, 15) is 9.59 Å². The lowest BCUT2D eigenvalue weighted by atomic mass is 10.0. The highest BCUT2D eigenvalue weighted by molar-refractivity contribution is 6.02. The smallest absolute Gasteiger partial charge is 0.249 e. The molecule has 1 aromatic rings. The number of carbonyl (C=O) groups is 2. The maximum atomic E-state index is 12.2. The van der Waals surface area contributed by atoms with Crippen LogP contribution in [0.15, 0.2) is 18.2 Å². The molecule has 1 unspecified atom stereocenters. The van der Waals surface area contributed by atoms with Gasteiger partial charge in [-0.1, -0.05) is 12.1 Å². The summed E-state index contributed by atoms with van der Waals surface area (Å²) >= 11 is 0. The number of aryl methyl sites for hydroxylation is 1. The molecule has 2 aliphatic rings. The number of anilines is 2. The third-order valence-electron chi connectivity index (χ3n) is 4.71. The van der Waals surface area contributed by atoms with Crippen molar-refractivity contribution in [2.45, 2.75) is 31.7 Å². The van der Waals surface area contributed by atoms with E-state index in [0.29, 0.717) is 32.7 Å². The number of amides is 2. The van der Waals surface area contributed by atoms with Gasteiger partial charge in [0, 0.05) is 20.1 Å². The largest absolute Gasteiger partial charge is 0.394 e. The van der Waals surface area contributed by atoms with Gasteiger partial charge in [0.05, 0.1) is 31.3 Å². The molecule has 0 aliphatic carbocycles. The summed E-state index contributed by atoms with van der Waals surface area (Å²) in [5.74, 6) is -0.397. The van der Waals surface area contributed by atoms with Crippen LogP contribution in [-0.2, 0) is 20.7 Å². The Morgan fingerprint density at radius 1 is 1.32 bits per heavy atom. The van der Waals surface area contributed by atoms with Gasteiger partial charge >= 0.3 is 0 Å². The first kappa shape index (κ1) is 17.7. The molecule has 2 N–H and O–H groups in total. The molecule has 7 heteroatoms. The van der Waals surface area contributed by atoms with E-state index in [4.69, 9.17) is 9.84 Å². The van der Waals surface area contributed by atoms with Crippen LogP contribution in [0, 0.1) is 0 Å². The number of para-hydroxylation sites is 1. The lowest BCUT2D eigenvalue weighted by Gasteiger charge is -2.31. The maximum absolute atomic E-state index is 12.2. The van der Waals surface area contributed by atoms with Crippen molar-refractivity contribution >= 4 is 23.2 Å². The predicted molar refractivity (Wildman–Crippen MR) is 94.6 cm³/mol. The van der Waals surface area contributed by atoms with Crippen molar-refractivity contribution in [2.24, 2.45) is 0 Å². The molecule has 1 saturated heterocycles. The molecule has 7 nitrogen and oxygen atoms in total. The minimum absolute atomic E-state index is 0.0460. The zero-order chi connectivity index (χ0) is 17.8. The number of piperidine rings is 1. The fourth-order valence-electron chi connectivity index (χ4n) is 3.60. The molecule has 0 bridgehead atoms. The first-order chi connectivity index (χ1) is 12.1. The molecule has 136 valence electrons. The van der Waals surface area contributed by atoms with E-state index < -0.39 is 0 Å². The monoisotopic (exact) mass is 347 g/mol. The predicted octanol–water partition coefficient (Wildman–Crippen LogP) is 0.647. The third kappa shape index (κ3) is 3.77. The van der Waals surface area contributed by atoms with Crippen LogP contribution in [0.2, 0.25) is 0 Å². The Bertz CT molecular complexity index is 649. The van der Waals surface area contributed by atoms with Crippen LogP contribution >= 0.6 is 0 Å². The highest BCUT2D eigenvalue weighted by Crippen LogP contribution is 2.40. The molecule has 0 aromatic heterocycles. The van der Waals surface area contributed by atoms with Gasteiger partial charge in [0.1, 0.15) is 6.04 Å². The molecule has 25 heavy (non-hydrogen) atoms. The second-order valence-corrected chi connectivity index (χ2v) is 6.50. The number of hydrogen-bond acceptors (Lipinski definition) is 6. The summed E-state index contributed by atoms with van der Waals surface area (Å²) in [6.07, 6.45) is 2.69. The second-order valence-electron chi connectivity index (χ2n) is 6.50.